The first-order valence-corrected chi connectivity index (χ1v) is 5.57. The largest absolute Gasteiger partial charge is 0.298 e. The lowest BCUT2D eigenvalue weighted by molar-refractivity contribution is -0.119. The van der Waals surface area contributed by atoms with E-state index in [4.69, 9.17) is 0 Å². The average Bonchev–Trinajstić information content (AvgIpc) is 2.90. The summed E-state index contributed by atoms with van der Waals surface area (Å²) >= 11 is 0. The van der Waals surface area contributed by atoms with Crippen molar-refractivity contribution in [1.82, 2.24) is 0 Å². The minimum absolute atomic E-state index is 0.343. The van der Waals surface area contributed by atoms with Gasteiger partial charge in [0.05, 0.1) is 0 Å². The van der Waals surface area contributed by atoms with E-state index in [0.29, 0.717) is 12.2 Å². The zero-order valence-corrected chi connectivity index (χ0v) is 8.73. The topological polar surface area (TPSA) is 17.1 Å². The maximum Gasteiger partial charge on any atom is 0.156 e. The number of carbonyl (C=O) groups is 1. The van der Waals surface area contributed by atoms with Crippen LogP contribution in [0.1, 0.15) is 22.3 Å². The maximum absolute atomic E-state index is 12.3. The first kappa shape index (κ1) is 8.28. The normalized spacial score (nSPS) is 18.4. The molecule has 0 atom stereocenters. The Bertz CT molecular complexity index is 602. The van der Waals surface area contributed by atoms with E-state index in [-0.39, 0.29) is 5.41 Å². The van der Waals surface area contributed by atoms with E-state index < -0.39 is 0 Å². The van der Waals surface area contributed by atoms with Crippen molar-refractivity contribution in [3.8, 4) is 0 Å². The Hall–Kier alpha value is -1.89. The second-order valence-corrected chi connectivity index (χ2v) is 4.55. The Balaban J connectivity index is 2.04. The maximum atomic E-state index is 12.3. The molecule has 0 heterocycles. The van der Waals surface area contributed by atoms with Crippen LogP contribution in [0.3, 0.4) is 0 Å². The molecule has 0 radical (unpaired) electrons. The highest BCUT2D eigenvalue weighted by atomic mass is 16.1. The zero-order chi connectivity index (χ0) is 10.8. The van der Waals surface area contributed by atoms with Crippen LogP contribution in [-0.2, 0) is 16.6 Å². The zero-order valence-electron chi connectivity index (χ0n) is 8.73. The number of Topliss-reactive ketones (excluding diaryl/α,β-unsaturated/α-hetero) is 1. The highest BCUT2D eigenvalue weighted by Crippen LogP contribution is 2.59. The summed E-state index contributed by atoms with van der Waals surface area (Å²) in [5.41, 5.74) is 4.49. The van der Waals surface area contributed by atoms with Crippen molar-refractivity contribution < 1.29 is 4.79 Å². The van der Waals surface area contributed by atoms with Crippen molar-refractivity contribution in [3.05, 3.63) is 70.8 Å². The second-order valence-electron chi connectivity index (χ2n) is 4.55. The molecule has 0 N–H and O–H groups in total. The lowest BCUT2D eigenvalue weighted by Gasteiger charge is -2.07. The third kappa shape index (κ3) is 0.703. The Morgan fingerprint density at radius 1 is 0.812 bits per heavy atom. The molecule has 0 unspecified atom stereocenters. The van der Waals surface area contributed by atoms with E-state index in [1.807, 2.05) is 24.3 Å². The molecular weight excluding hydrogens is 196 g/mol. The van der Waals surface area contributed by atoms with Crippen molar-refractivity contribution in [1.29, 1.82) is 0 Å². The summed E-state index contributed by atoms with van der Waals surface area (Å²) in [6.07, 6.45) is 0.588. The monoisotopic (exact) mass is 206 g/mol. The van der Waals surface area contributed by atoms with Crippen molar-refractivity contribution in [3.63, 3.8) is 0 Å². The van der Waals surface area contributed by atoms with Gasteiger partial charge in [-0.2, -0.15) is 0 Å². The summed E-state index contributed by atoms with van der Waals surface area (Å²) in [5.74, 6) is 0.343. The average molecular weight is 206 g/mol. The number of fused-ring (bicyclic) bond motifs is 5. The summed E-state index contributed by atoms with van der Waals surface area (Å²) in [5, 5.41) is 0. The molecule has 0 aliphatic heterocycles. The standard InChI is InChI=1S/C15H10O/c16-14-9-10-5-1-2-6-11(10)15(14)12-7-3-4-8-13(12)15/h1-8H,9H2. The molecule has 0 fully saturated rings. The smallest absolute Gasteiger partial charge is 0.156 e. The first-order chi connectivity index (χ1) is 7.85. The minimum Gasteiger partial charge on any atom is -0.298 e. The van der Waals surface area contributed by atoms with Gasteiger partial charge in [0.25, 0.3) is 0 Å². The number of benzene rings is 2. The van der Waals surface area contributed by atoms with Gasteiger partial charge in [-0.3, -0.25) is 4.79 Å². The summed E-state index contributed by atoms with van der Waals surface area (Å²) in [7, 11) is 0. The van der Waals surface area contributed by atoms with Gasteiger partial charge in [-0.25, -0.2) is 0 Å². The Labute approximate surface area is 93.7 Å². The minimum atomic E-state index is -0.347. The van der Waals surface area contributed by atoms with E-state index in [1.165, 1.54) is 22.3 Å². The Morgan fingerprint density at radius 2 is 1.38 bits per heavy atom. The molecule has 4 rings (SSSR count). The summed E-state index contributed by atoms with van der Waals surface area (Å²) in [4.78, 5) is 12.3. The van der Waals surface area contributed by atoms with Gasteiger partial charge in [-0.1, -0.05) is 48.5 Å². The van der Waals surface area contributed by atoms with E-state index >= 15 is 0 Å². The highest BCUT2D eigenvalue weighted by molar-refractivity contribution is 6.09. The summed E-state index contributed by atoms with van der Waals surface area (Å²) in [6.45, 7) is 0. The molecule has 2 aromatic carbocycles. The predicted molar refractivity (Wildman–Crippen MR) is 61.5 cm³/mol. The molecule has 0 saturated heterocycles. The Morgan fingerprint density at radius 3 is 2.06 bits per heavy atom. The first-order valence-electron chi connectivity index (χ1n) is 5.57. The molecule has 16 heavy (non-hydrogen) atoms. The van der Waals surface area contributed by atoms with Gasteiger partial charge in [-0.05, 0) is 22.3 Å². The van der Waals surface area contributed by atoms with Crippen molar-refractivity contribution in [2.45, 2.75) is 11.8 Å². The molecule has 0 bridgehead atoms. The van der Waals surface area contributed by atoms with Crippen molar-refractivity contribution in [2.75, 3.05) is 0 Å². The van der Waals surface area contributed by atoms with Crippen LogP contribution in [0.5, 0.6) is 0 Å². The number of hydrogen-bond donors (Lipinski definition) is 0. The highest BCUT2D eigenvalue weighted by Gasteiger charge is 2.60. The van der Waals surface area contributed by atoms with Gasteiger partial charge in [0.2, 0.25) is 0 Å². The van der Waals surface area contributed by atoms with Crippen LogP contribution < -0.4 is 0 Å². The van der Waals surface area contributed by atoms with Crippen LogP contribution in [0.4, 0.5) is 0 Å². The fourth-order valence-corrected chi connectivity index (χ4v) is 3.14. The predicted octanol–water partition coefficient (Wildman–Crippen LogP) is 2.46. The van der Waals surface area contributed by atoms with Crippen LogP contribution in [0.15, 0.2) is 48.5 Å². The quantitative estimate of drug-likeness (QED) is 0.647. The molecule has 1 spiro atoms. The number of rotatable bonds is 0. The van der Waals surface area contributed by atoms with Gasteiger partial charge in [0.15, 0.2) is 5.78 Å². The van der Waals surface area contributed by atoms with Gasteiger partial charge >= 0.3 is 0 Å². The molecule has 0 amide bonds. The van der Waals surface area contributed by atoms with E-state index in [2.05, 4.69) is 24.3 Å². The molecule has 2 aliphatic carbocycles. The van der Waals surface area contributed by atoms with Crippen LogP contribution in [-0.4, -0.2) is 5.78 Å². The van der Waals surface area contributed by atoms with Crippen LogP contribution in [0.25, 0.3) is 0 Å². The number of hydrogen-bond acceptors (Lipinski definition) is 1. The second kappa shape index (κ2) is 2.43. The molecule has 2 aliphatic rings. The van der Waals surface area contributed by atoms with Gasteiger partial charge in [0.1, 0.15) is 5.41 Å². The van der Waals surface area contributed by atoms with Crippen LogP contribution in [0, 0.1) is 0 Å². The fourth-order valence-electron chi connectivity index (χ4n) is 3.14. The molecule has 0 saturated carbocycles. The lowest BCUT2D eigenvalue weighted by Crippen LogP contribution is -2.17. The van der Waals surface area contributed by atoms with E-state index in [9.17, 15) is 4.79 Å². The molecule has 1 nitrogen and oxygen atoms in total. The van der Waals surface area contributed by atoms with E-state index in [0.717, 1.165) is 0 Å². The molecule has 76 valence electrons. The molecule has 1 heteroatoms. The number of carbonyl (C=O) groups excluding carboxylic acids is 1. The van der Waals surface area contributed by atoms with Gasteiger partial charge in [0, 0.05) is 6.42 Å². The lowest BCUT2D eigenvalue weighted by atomic mass is 9.93. The van der Waals surface area contributed by atoms with E-state index in [1.54, 1.807) is 0 Å². The SMILES string of the molecule is O=C1Cc2ccccc2C12c1ccccc12. The fraction of sp³-hybridized carbons (Fsp3) is 0.133. The van der Waals surface area contributed by atoms with Crippen LogP contribution >= 0.6 is 0 Å². The van der Waals surface area contributed by atoms with Gasteiger partial charge < -0.3 is 0 Å². The molecule has 0 aromatic heterocycles. The third-order valence-electron chi connectivity index (χ3n) is 3.86. The number of ketones is 1. The summed E-state index contributed by atoms with van der Waals surface area (Å²) in [6, 6.07) is 16.4. The summed E-state index contributed by atoms with van der Waals surface area (Å²) < 4.78 is 0. The molecule has 2 aromatic rings. The van der Waals surface area contributed by atoms with Crippen LogP contribution in [0.2, 0.25) is 0 Å². The molecular formula is C15H10O. The van der Waals surface area contributed by atoms with Crippen molar-refractivity contribution >= 4 is 5.78 Å². The Kier molecular flexibility index (Phi) is 1.26. The third-order valence-corrected chi connectivity index (χ3v) is 3.86. The van der Waals surface area contributed by atoms with Crippen molar-refractivity contribution in [2.24, 2.45) is 0 Å². The van der Waals surface area contributed by atoms with Gasteiger partial charge in [-0.15, -0.1) is 0 Å².